The van der Waals surface area contributed by atoms with Gasteiger partial charge in [-0.15, -0.1) is 0 Å². The molecule has 1 atom stereocenters. The summed E-state index contributed by atoms with van der Waals surface area (Å²) in [7, 11) is 0. The van der Waals surface area contributed by atoms with E-state index in [2.05, 4.69) is 5.32 Å². The van der Waals surface area contributed by atoms with Crippen molar-refractivity contribution in [2.45, 2.75) is 18.9 Å². The number of nitro groups is 1. The Bertz CT molecular complexity index is 433. The third kappa shape index (κ3) is 2.01. The molecular formula is C10H10ClFN2O2. The van der Waals surface area contributed by atoms with Crippen molar-refractivity contribution >= 4 is 17.3 Å². The molecule has 4 nitrogen and oxygen atoms in total. The van der Waals surface area contributed by atoms with E-state index in [1.165, 1.54) is 6.07 Å². The molecule has 0 amide bonds. The van der Waals surface area contributed by atoms with E-state index in [4.69, 9.17) is 11.6 Å². The van der Waals surface area contributed by atoms with E-state index in [1.807, 2.05) is 0 Å². The molecule has 1 aromatic rings. The fourth-order valence-electron chi connectivity index (χ4n) is 1.91. The standard InChI is InChI=1S/C10H10ClFN2O2/c11-7-5-8(12)6(4-10(7)14(15)16)9-2-1-3-13-9/h4-5,9,13H,1-3H2/t9-/m1/s1. The van der Waals surface area contributed by atoms with Crippen molar-refractivity contribution in [2.75, 3.05) is 6.54 Å². The van der Waals surface area contributed by atoms with Crippen molar-refractivity contribution in [3.63, 3.8) is 0 Å². The highest BCUT2D eigenvalue weighted by atomic mass is 35.5. The monoisotopic (exact) mass is 244 g/mol. The number of hydrogen-bond donors (Lipinski definition) is 1. The molecule has 1 saturated heterocycles. The molecule has 1 aromatic carbocycles. The molecule has 0 aliphatic carbocycles. The Labute approximate surface area is 96.6 Å². The number of nitro benzene ring substituents is 1. The van der Waals surface area contributed by atoms with E-state index in [9.17, 15) is 14.5 Å². The lowest BCUT2D eigenvalue weighted by molar-refractivity contribution is -0.384. The zero-order chi connectivity index (χ0) is 11.7. The lowest BCUT2D eigenvalue weighted by Gasteiger charge is -2.11. The number of hydrogen-bond acceptors (Lipinski definition) is 3. The van der Waals surface area contributed by atoms with Gasteiger partial charge in [-0.2, -0.15) is 0 Å². The minimum atomic E-state index is -0.597. The Hall–Kier alpha value is -1.20. The van der Waals surface area contributed by atoms with Crippen LogP contribution in [0.3, 0.4) is 0 Å². The van der Waals surface area contributed by atoms with Crippen LogP contribution in [0.2, 0.25) is 5.02 Å². The van der Waals surface area contributed by atoms with Gasteiger partial charge in [0.05, 0.1) is 4.92 Å². The summed E-state index contributed by atoms with van der Waals surface area (Å²) in [6.07, 6.45) is 1.73. The van der Waals surface area contributed by atoms with E-state index in [0.29, 0.717) is 5.56 Å². The first-order valence-electron chi connectivity index (χ1n) is 4.96. The molecule has 0 spiro atoms. The van der Waals surface area contributed by atoms with Crippen LogP contribution in [0.15, 0.2) is 12.1 Å². The Morgan fingerprint density at radius 1 is 1.56 bits per heavy atom. The van der Waals surface area contributed by atoms with Crippen LogP contribution in [-0.4, -0.2) is 11.5 Å². The predicted molar refractivity (Wildman–Crippen MR) is 58.0 cm³/mol. The molecule has 2 rings (SSSR count). The molecule has 0 aromatic heterocycles. The Kier molecular flexibility index (Phi) is 3.07. The zero-order valence-corrected chi connectivity index (χ0v) is 9.13. The van der Waals surface area contributed by atoms with Crippen molar-refractivity contribution in [1.82, 2.24) is 5.32 Å². The minimum absolute atomic E-state index is 0.143. The van der Waals surface area contributed by atoms with Crippen LogP contribution in [0.4, 0.5) is 10.1 Å². The van der Waals surface area contributed by atoms with Gasteiger partial charge in [-0.05, 0) is 25.5 Å². The topological polar surface area (TPSA) is 55.2 Å². The normalized spacial score (nSPS) is 20.0. The third-order valence-electron chi connectivity index (χ3n) is 2.70. The number of rotatable bonds is 2. The zero-order valence-electron chi connectivity index (χ0n) is 8.37. The van der Waals surface area contributed by atoms with Gasteiger partial charge in [0.15, 0.2) is 0 Å². The second kappa shape index (κ2) is 4.35. The molecule has 0 unspecified atom stereocenters. The van der Waals surface area contributed by atoms with E-state index in [0.717, 1.165) is 25.5 Å². The van der Waals surface area contributed by atoms with Gasteiger partial charge in [0.25, 0.3) is 5.69 Å². The molecule has 1 aliphatic rings. The van der Waals surface area contributed by atoms with Crippen LogP contribution in [0.5, 0.6) is 0 Å². The van der Waals surface area contributed by atoms with E-state index in [-0.39, 0.29) is 16.8 Å². The number of halogens is 2. The number of nitrogens with one attached hydrogen (secondary N) is 1. The van der Waals surface area contributed by atoms with Gasteiger partial charge < -0.3 is 5.32 Å². The fraction of sp³-hybridized carbons (Fsp3) is 0.400. The van der Waals surface area contributed by atoms with E-state index in [1.54, 1.807) is 0 Å². The van der Waals surface area contributed by atoms with Gasteiger partial charge in [0.2, 0.25) is 0 Å². The molecule has 1 N–H and O–H groups in total. The average Bonchev–Trinajstić information content (AvgIpc) is 2.70. The summed E-state index contributed by atoms with van der Waals surface area (Å²) in [6.45, 7) is 0.806. The van der Waals surface area contributed by atoms with Crippen LogP contribution in [0.25, 0.3) is 0 Å². The van der Waals surface area contributed by atoms with Crippen LogP contribution < -0.4 is 5.32 Å². The summed E-state index contributed by atoms with van der Waals surface area (Å²) in [4.78, 5) is 10.1. The van der Waals surface area contributed by atoms with Gasteiger partial charge in [-0.3, -0.25) is 10.1 Å². The fourth-order valence-corrected chi connectivity index (χ4v) is 2.13. The minimum Gasteiger partial charge on any atom is -0.310 e. The first kappa shape index (κ1) is 11.3. The lowest BCUT2D eigenvalue weighted by Crippen LogP contribution is -2.14. The van der Waals surface area contributed by atoms with Crippen LogP contribution in [0.1, 0.15) is 24.4 Å². The summed E-state index contributed by atoms with van der Waals surface area (Å²) in [5.41, 5.74) is 0.0837. The molecule has 1 aliphatic heterocycles. The quantitative estimate of drug-likeness (QED) is 0.643. The Balaban J connectivity index is 2.44. The number of nitrogens with zero attached hydrogens (tertiary/aromatic N) is 1. The Morgan fingerprint density at radius 3 is 2.88 bits per heavy atom. The van der Waals surface area contributed by atoms with Gasteiger partial charge in [0.1, 0.15) is 10.8 Å². The average molecular weight is 245 g/mol. The molecule has 16 heavy (non-hydrogen) atoms. The van der Waals surface area contributed by atoms with Crippen LogP contribution >= 0.6 is 11.6 Å². The highest BCUT2D eigenvalue weighted by Crippen LogP contribution is 2.33. The van der Waals surface area contributed by atoms with Crippen molar-refractivity contribution < 1.29 is 9.31 Å². The van der Waals surface area contributed by atoms with E-state index >= 15 is 0 Å². The number of benzene rings is 1. The second-order valence-corrected chi connectivity index (χ2v) is 4.14. The van der Waals surface area contributed by atoms with Gasteiger partial charge in [-0.25, -0.2) is 4.39 Å². The largest absolute Gasteiger partial charge is 0.310 e. The summed E-state index contributed by atoms with van der Waals surface area (Å²) < 4.78 is 13.6. The van der Waals surface area contributed by atoms with Gasteiger partial charge in [0, 0.05) is 17.7 Å². The first-order valence-corrected chi connectivity index (χ1v) is 5.34. The van der Waals surface area contributed by atoms with E-state index < -0.39 is 10.7 Å². The highest BCUT2D eigenvalue weighted by molar-refractivity contribution is 6.32. The van der Waals surface area contributed by atoms with Gasteiger partial charge >= 0.3 is 0 Å². The van der Waals surface area contributed by atoms with Crippen LogP contribution in [-0.2, 0) is 0 Å². The molecule has 6 heteroatoms. The summed E-state index contributed by atoms with van der Waals surface area (Å²) in [5, 5.41) is 13.6. The predicted octanol–water partition coefficient (Wildman–Crippen LogP) is 2.81. The van der Waals surface area contributed by atoms with Crippen LogP contribution in [0, 0.1) is 15.9 Å². The SMILES string of the molecule is O=[N+]([O-])c1cc([C@H]2CCCN2)c(F)cc1Cl. The molecule has 0 bridgehead atoms. The molecular weight excluding hydrogens is 235 g/mol. The summed E-state index contributed by atoms with van der Waals surface area (Å²) in [5.74, 6) is -0.491. The molecule has 86 valence electrons. The molecule has 1 fully saturated rings. The maximum absolute atomic E-state index is 13.6. The lowest BCUT2D eigenvalue weighted by atomic mass is 10.0. The van der Waals surface area contributed by atoms with Crippen molar-refractivity contribution in [2.24, 2.45) is 0 Å². The third-order valence-corrected chi connectivity index (χ3v) is 3.00. The molecule has 1 heterocycles. The first-order chi connectivity index (χ1) is 7.59. The maximum Gasteiger partial charge on any atom is 0.288 e. The molecule has 0 radical (unpaired) electrons. The molecule has 0 saturated carbocycles. The van der Waals surface area contributed by atoms with Crippen molar-refractivity contribution in [1.29, 1.82) is 0 Å². The summed E-state index contributed by atoms with van der Waals surface area (Å²) in [6, 6.07) is 2.09. The maximum atomic E-state index is 13.6. The van der Waals surface area contributed by atoms with Crippen molar-refractivity contribution in [3.8, 4) is 0 Å². The Morgan fingerprint density at radius 2 is 2.31 bits per heavy atom. The highest BCUT2D eigenvalue weighted by Gasteiger charge is 2.24. The smallest absolute Gasteiger partial charge is 0.288 e. The van der Waals surface area contributed by atoms with Crippen molar-refractivity contribution in [3.05, 3.63) is 38.7 Å². The van der Waals surface area contributed by atoms with Gasteiger partial charge in [-0.1, -0.05) is 11.6 Å². The second-order valence-electron chi connectivity index (χ2n) is 3.73. The summed E-state index contributed by atoms with van der Waals surface area (Å²) >= 11 is 5.60.